The van der Waals surface area contributed by atoms with Crippen molar-refractivity contribution in [3.8, 4) is 11.7 Å². The van der Waals surface area contributed by atoms with Crippen LogP contribution in [0.1, 0.15) is 0 Å². The summed E-state index contributed by atoms with van der Waals surface area (Å²) >= 11 is 5.95. The zero-order valence-electron chi connectivity index (χ0n) is 7.51. The van der Waals surface area contributed by atoms with Crippen LogP contribution in [0.4, 0.5) is 0 Å². The SMILES string of the molecule is COc1ccn(-c2ncccc2Cl)n1. The third-order valence-electron chi connectivity index (χ3n) is 1.73. The van der Waals surface area contributed by atoms with Crippen molar-refractivity contribution < 1.29 is 4.74 Å². The van der Waals surface area contributed by atoms with E-state index in [1.165, 1.54) is 0 Å². The first kappa shape index (κ1) is 9.02. The minimum Gasteiger partial charge on any atom is -0.480 e. The summed E-state index contributed by atoms with van der Waals surface area (Å²) in [6, 6.07) is 5.27. The smallest absolute Gasteiger partial charge is 0.232 e. The second-order valence-electron chi connectivity index (χ2n) is 2.61. The summed E-state index contributed by atoms with van der Waals surface area (Å²) < 4.78 is 6.52. The molecule has 2 rings (SSSR count). The van der Waals surface area contributed by atoms with Gasteiger partial charge in [-0.3, -0.25) is 0 Å². The molecule has 5 heteroatoms. The van der Waals surface area contributed by atoms with Crippen LogP contribution in [-0.2, 0) is 0 Å². The van der Waals surface area contributed by atoms with E-state index in [0.29, 0.717) is 16.7 Å². The molecule has 0 saturated heterocycles. The van der Waals surface area contributed by atoms with Crippen molar-refractivity contribution >= 4 is 11.6 Å². The monoisotopic (exact) mass is 209 g/mol. The number of hydrogen-bond donors (Lipinski definition) is 0. The molecule has 4 nitrogen and oxygen atoms in total. The van der Waals surface area contributed by atoms with Crippen molar-refractivity contribution in [1.82, 2.24) is 14.8 Å². The molecular weight excluding hydrogens is 202 g/mol. The molecule has 0 aliphatic carbocycles. The van der Waals surface area contributed by atoms with Crippen LogP contribution in [0, 0.1) is 0 Å². The van der Waals surface area contributed by atoms with E-state index in [-0.39, 0.29) is 0 Å². The van der Waals surface area contributed by atoms with Gasteiger partial charge in [-0.25, -0.2) is 9.67 Å². The maximum atomic E-state index is 5.95. The van der Waals surface area contributed by atoms with Crippen LogP contribution in [0.2, 0.25) is 5.02 Å². The molecule has 2 aromatic heterocycles. The van der Waals surface area contributed by atoms with Crippen molar-refractivity contribution in [2.75, 3.05) is 7.11 Å². The summed E-state index contributed by atoms with van der Waals surface area (Å²) in [5.41, 5.74) is 0. The maximum absolute atomic E-state index is 5.95. The van der Waals surface area contributed by atoms with E-state index in [1.54, 1.807) is 42.4 Å². The predicted molar refractivity (Wildman–Crippen MR) is 52.9 cm³/mol. The molecule has 0 N–H and O–H groups in total. The molecule has 2 aromatic rings. The molecular formula is C9H8ClN3O. The number of ether oxygens (including phenoxy) is 1. The van der Waals surface area contributed by atoms with Crippen molar-refractivity contribution in [1.29, 1.82) is 0 Å². The number of halogens is 1. The second kappa shape index (κ2) is 3.67. The fraction of sp³-hybridized carbons (Fsp3) is 0.111. The normalized spacial score (nSPS) is 10.1. The lowest BCUT2D eigenvalue weighted by atomic mass is 10.4. The molecule has 14 heavy (non-hydrogen) atoms. The molecule has 0 spiro atoms. The average molecular weight is 210 g/mol. The summed E-state index contributed by atoms with van der Waals surface area (Å²) in [5, 5.41) is 4.66. The first-order valence-electron chi connectivity index (χ1n) is 4.02. The van der Waals surface area contributed by atoms with Gasteiger partial charge >= 0.3 is 0 Å². The molecule has 0 bridgehead atoms. The number of methoxy groups -OCH3 is 1. The lowest BCUT2D eigenvalue weighted by Gasteiger charge is -2.01. The van der Waals surface area contributed by atoms with Gasteiger partial charge in [0.15, 0.2) is 5.82 Å². The number of nitrogens with zero attached hydrogens (tertiary/aromatic N) is 3. The Kier molecular flexibility index (Phi) is 2.37. The highest BCUT2D eigenvalue weighted by Gasteiger charge is 2.05. The van der Waals surface area contributed by atoms with Gasteiger partial charge < -0.3 is 4.74 Å². The Hall–Kier alpha value is -1.55. The van der Waals surface area contributed by atoms with E-state index in [1.807, 2.05) is 0 Å². The van der Waals surface area contributed by atoms with Gasteiger partial charge in [0.2, 0.25) is 5.88 Å². The third-order valence-corrected chi connectivity index (χ3v) is 2.02. The largest absolute Gasteiger partial charge is 0.480 e. The van der Waals surface area contributed by atoms with Crippen LogP contribution in [-0.4, -0.2) is 21.9 Å². The van der Waals surface area contributed by atoms with Crippen LogP contribution in [0.3, 0.4) is 0 Å². The third kappa shape index (κ3) is 1.56. The van der Waals surface area contributed by atoms with E-state index >= 15 is 0 Å². The topological polar surface area (TPSA) is 39.9 Å². The Morgan fingerprint density at radius 1 is 1.43 bits per heavy atom. The van der Waals surface area contributed by atoms with Crippen molar-refractivity contribution in [2.24, 2.45) is 0 Å². The molecule has 0 radical (unpaired) electrons. The van der Waals surface area contributed by atoms with Crippen LogP contribution in [0.15, 0.2) is 30.6 Å². The zero-order valence-corrected chi connectivity index (χ0v) is 8.27. The summed E-state index contributed by atoms with van der Waals surface area (Å²) in [4.78, 5) is 4.11. The first-order valence-corrected chi connectivity index (χ1v) is 4.39. The standard InChI is InChI=1S/C9H8ClN3O/c1-14-8-4-6-13(12-8)9-7(10)3-2-5-11-9/h2-6H,1H3. The summed E-state index contributed by atoms with van der Waals surface area (Å²) in [7, 11) is 1.56. The molecule has 0 unspecified atom stereocenters. The Bertz CT molecular complexity index is 441. The van der Waals surface area contributed by atoms with Crippen LogP contribution >= 0.6 is 11.6 Å². The fourth-order valence-corrected chi connectivity index (χ4v) is 1.29. The quantitative estimate of drug-likeness (QED) is 0.759. The van der Waals surface area contributed by atoms with Crippen LogP contribution in [0.25, 0.3) is 5.82 Å². The van der Waals surface area contributed by atoms with Gasteiger partial charge in [0, 0.05) is 18.5 Å². The highest BCUT2D eigenvalue weighted by atomic mass is 35.5. The van der Waals surface area contributed by atoms with Crippen molar-refractivity contribution in [3.05, 3.63) is 35.6 Å². The Labute approximate surface area is 86.1 Å². The van der Waals surface area contributed by atoms with Gasteiger partial charge in [0.05, 0.1) is 12.1 Å². The van der Waals surface area contributed by atoms with E-state index in [9.17, 15) is 0 Å². The summed E-state index contributed by atoms with van der Waals surface area (Å²) in [6.45, 7) is 0. The van der Waals surface area contributed by atoms with Crippen molar-refractivity contribution in [2.45, 2.75) is 0 Å². The number of hydrogen-bond acceptors (Lipinski definition) is 3. The number of pyridine rings is 1. The molecule has 2 heterocycles. The Morgan fingerprint density at radius 3 is 2.93 bits per heavy atom. The second-order valence-corrected chi connectivity index (χ2v) is 3.02. The minimum absolute atomic E-state index is 0.534. The molecule has 0 aliphatic rings. The molecule has 0 amide bonds. The summed E-state index contributed by atoms with van der Waals surface area (Å²) in [5.74, 6) is 1.13. The van der Waals surface area contributed by atoms with Gasteiger partial charge in [-0.1, -0.05) is 11.6 Å². The molecule has 0 saturated carbocycles. The Morgan fingerprint density at radius 2 is 2.29 bits per heavy atom. The van der Waals surface area contributed by atoms with E-state index in [2.05, 4.69) is 10.1 Å². The average Bonchev–Trinajstić information content (AvgIpc) is 2.67. The highest BCUT2D eigenvalue weighted by Crippen LogP contribution is 2.17. The maximum Gasteiger partial charge on any atom is 0.232 e. The highest BCUT2D eigenvalue weighted by molar-refractivity contribution is 6.32. The summed E-state index contributed by atoms with van der Waals surface area (Å²) in [6.07, 6.45) is 3.41. The van der Waals surface area contributed by atoms with Gasteiger partial charge in [0.1, 0.15) is 0 Å². The molecule has 72 valence electrons. The van der Waals surface area contributed by atoms with Crippen LogP contribution in [0.5, 0.6) is 5.88 Å². The molecule has 0 aliphatic heterocycles. The zero-order chi connectivity index (χ0) is 9.97. The minimum atomic E-state index is 0.534. The van der Waals surface area contributed by atoms with Gasteiger partial charge in [-0.15, -0.1) is 5.10 Å². The van der Waals surface area contributed by atoms with E-state index < -0.39 is 0 Å². The molecule has 0 atom stereocenters. The lowest BCUT2D eigenvalue weighted by Crippen LogP contribution is -1.98. The Balaban J connectivity index is 2.44. The number of aromatic nitrogens is 3. The van der Waals surface area contributed by atoms with Crippen LogP contribution < -0.4 is 4.74 Å². The van der Waals surface area contributed by atoms with Gasteiger partial charge in [-0.05, 0) is 12.1 Å². The molecule has 0 aromatic carbocycles. The van der Waals surface area contributed by atoms with E-state index in [4.69, 9.17) is 16.3 Å². The fourth-order valence-electron chi connectivity index (χ4n) is 1.08. The van der Waals surface area contributed by atoms with Gasteiger partial charge in [-0.2, -0.15) is 0 Å². The van der Waals surface area contributed by atoms with E-state index in [0.717, 1.165) is 0 Å². The first-order chi connectivity index (χ1) is 6.81. The predicted octanol–water partition coefficient (Wildman–Crippen LogP) is 1.93. The number of rotatable bonds is 2. The lowest BCUT2D eigenvalue weighted by molar-refractivity contribution is 0.394. The van der Waals surface area contributed by atoms with Gasteiger partial charge in [0.25, 0.3) is 0 Å². The van der Waals surface area contributed by atoms with Crippen molar-refractivity contribution in [3.63, 3.8) is 0 Å². The molecule has 0 fully saturated rings.